The van der Waals surface area contributed by atoms with Gasteiger partial charge in [0.25, 0.3) is 23.5 Å². The number of ether oxygens (including phenoxy) is 1. The first-order chi connectivity index (χ1) is 35.1. The summed E-state index contributed by atoms with van der Waals surface area (Å²) < 4.78 is 61.3. The lowest BCUT2D eigenvalue weighted by Crippen LogP contribution is -2.46. The molecule has 19 N–H and O–H groups in total. The number of phosphoric ester groups is 3. The van der Waals surface area contributed by atoms with Crippen molar-refractivity contribution in [1.82, 2.24) is 48.6 Å². The molecule has 2 aromatic rings. The molecule has 450 valence electrons. The lowest BCUT2D eigenvalue weighted by molar-refractivity contribution is -0.247. The number of amides is 2. The quantitative estimate of drug-likeness (QED) is 0.0241. The van der Waals surface area contributed by atoms with Crippen LogP contribution < -0.4 is 49.5 Å². The van der Waals surface area contributed by atoms with E-state index in [4.69, 9.17) is 10.5 Å². The summed E-state index contributed by atoms with van der Waals surface area (Å²) in [6, 6.07) is 0. The Bertz CT molecular complexity index is 2130. The number of carbonyl (C=O) groups excluding carboxylic acids is 3. The monoisotopic (exact) mass is 1180 g/mol. The number of hydrogen-bond donors (Lipinski definition) is 9. The number of aromatic nitrogens is 4. The van der Waals surface area contributed by atoms with Crippen LogP contribution in [0.2, 0.25) is 0 Å². The molecule has 1 aliphatic heterocycles. The van der Waals surface area contributed by atoms with Crippen molar-refractivity contribution < 1.29 is 80.5 Å². The molecule has 0 saturated carbocycles. The zero-order valence-corrected chi connectivity index (χ0v) is 49.7. The van der Waals surface area contributed by atoms with Crippen LogP contribution in [0.5, 0.6) is 0 Å². The molecule has 3 heterocycles. The van der Waals surface area contributed by atoms with Gasteiger partial charge in [-0.05, 0) is 6.42 Å². The summed E-state index contributed by atoms with van der Waals surface area (Å²) in [5.41, 5.74) is 4.15. The zero-order chi connectivity index (χ0) is 54.6. The number of nitrogens with one attached hydrogen (secondary N) is 2. The molecule has 27 nitrogen and oxygen atoms in total. The topological polar surface area (TPSA) is 482 Å². The molecule has 8 atom stereocenters. The number of aliphatic hydroxyl groups excluding tert-OH is 2. The molecule has 0 aromatic carbocycles. The van der Waals surface area contributed by atoms with Gasteiger partial charge < -0.3 is 82.9 Å². The minimum atomic E-state index is -5.90. The van der Waals surface area contributed by atoms with Crippen molar-refractivity contribution in [3.05, 3.63) is 12.7 Å². The van der Waals surface area contributed by atoms with Gasteiger partial charge in [-0.1, -0.05) is 167 Å². The molecule has 0 bridgehead atoms. The number of nitrogen functional groups attached to an aromatic ring is 1. The molecule has 31 heteroatoms. The highest BCUT2D eigenvalue weighted by molar-refractivity contribution is 8.13. The third-order valence-electron chi connectivity index (χ3n) is 12.5. The predicted octanol–water partition coefficient (Wildman–Crippen LogP) is 6.89. The largest absolute Gasteiger partial charge is 0.756 e. The van der Waals surface area contributed by atoms with Gasteiger partial charge in [0.05, 0.1) is 19.5 Å². The summed E-state index contributed by atoms with van der Waals surface area (Å²) in [4.78, 5) is 95.1. The Morgan fingerprint density at radius 3 is 1.81 bits per heavy atom. The summed E-state index contributed by atoms with van der Waals surface area (Å²) in [6.07, 6.45) is 21.8. The maximum Gasteiger partial charge on any atom is 0.274 e. The number of nitrogens with zero attached hydrogens (tertiary/aromatic N) is 4. The van der Waals surface area contributed by atoms with E-state index in [0.29, 0.717) is 12.2 Å². The lowest BCUT2D eigenvalue weighted by atomic mass is 9.87. The number of rotatable bonds is 42. The average molecular weight is 1180 g/mol. The fourth-order valence-electron chi connectivity index (χ4n) is 8.23. The molecule has 77 heavy (non-hydrogen) atoms. The van der Waals surface area contributed by atoms with Crippen LogP contribution in [0.15, 0.2) is 12.7 Å². The maximum atomic E-state index is 12.7. The van der Waals surface area contributed by atoms with Crippen molar-refractivity contribution in [2.24, 2.45) is 5.41 Å². The molecule has 3 rings (SSSR count). The molecular weight excluding hydrogens is 1090 g/mol. The SMILES string of the molecule is CCCCCCCCCCCCCCCCCCCCCCCCC(=O)SCCNC(=O)CCNC(=O)[C@H](O)C(C)(C)COP(=O)([O-])OP(=O)([O-])OC[C@H]1O[C@@H](n2cnc3c(N)ncnc32)C(O)[C@H]1OP(=O)([O-])O.[NH4+].[NH4+].[NH4+]. The van der Waals surface area contributed by atoms with Crippen LogP contribution in [0, 0.1) is 5.41 Å². The second-order valence-electron chi connectivity index (χ2n) is 19.4. The van der Waals surface area contributed by atoms with Gasteiger partial charge in [-0.3, -0.25) is 32.6 Å². The Morgan fingerprint density at radius 2 is 1.29 bits per heavy atom. The number of anilines is 1. The van der Waals surface area contributed by atoms with Crippen molar-refractivity contribution in [1.29, 1.82) is 0 Å². The Morgan fingerprint density at radius 1 is 0.779 bits per heavy atom. The van der Waals surface area contributed by atoms with Crippen LogP contribution in [0.3, 0.4) is 0 Å². The Kier molecular flexibility index (Phi) is 37.7. The number of imidazole rings is 1. The summed E-state index contributed by atoms with van der Waals surface area (Å²) in [5, 5.41) is 26.6. The summed E-state index contributed by atoms with van der Waals surface area (Å²) in [5.74, 6) is -1.10. The molecule has 2 amide bonds. The number of carbonyl (C=O) groups is 3. The molecule has 0 aliphatic carbocycles. The van der Waals surface area contributed by atoms with Crippen LogP contribution in [-0.2, 0) is 50.7 Å². The summed E-state index contributed by atoms with van der Waals surface area (Å²) in [7, 11) is -17.3. The number of fused-ring (bicyclic) bond motifs is 1. The van der Waals surface area contributed by atoms with Gasteiger partial charge in [-0.15, -0.1) is 0 Å². The summed E-state index contributed by atoms with van der Waals surface area (Å²) >= 11 is 1.15. The van der Waals surface area contributed by atoms with E-state index in [1.165, 1.54) is 136 Å². The minimum Gasteiger partial charge on any atom is -0.756 e. The Hall–Kier alpha value is -2.56. The van der Waals surface area contributed by atoms with Gasteiger partial charge in [0, 0.05) is 37.1 Å². The first-order valence-electron chi connectivity index (χ1n) is 26.0. The number of phosphoric acid groups is 3. The van der Waals surface area contributed by atoms with Crippen molar-refractivity contribution in [2.45, 2.75) is 206 Å². The number of quaternary nitrogens is 3. The smallest absolute Gasteiger partial charge is 0.274 e. The summed E-state index contributed by atoms with van der Waals surface area (Å²) in [6.45, 7) is 2.51. The predicted molar refractivity (Wildman–Crippen MR) is 290 cm³/mol. The van der Waals surface area contributed by atoms with Crippen molar-refractivity contribution in [3.63, 3.8) is 0 Å². The van der Waals surface area contributed by atoms with E-state index >= 15 is 0 Å². The van der Waals surface area contributed by atoms with E-state index in [1.807, 2.05) is 0 Å². The van der Waals surface area contributed by atoms with E-state index < -0.39 is 84.6 Å². The molecule has 1 aliphatic rings. The molecule has 1 saturated heterocycles. The highest BCUT2D eigenvalue weighted by Crippen LogP contribution is 2.56. The number of aliphatic hydroxyl groups is 2. The second kappa shape index (κ2) is 39.0. The van der Waals surface area contributed by atoms with Crippen molar-refractivity contribution in [3.8, 4) is 0 Å². The molecule has 1 fully saturated rings. The van der Waals surface area contributed by atoms with Gasteiger partial charge in [0.15, 0.2) is 22.8 Å². The number of unbranched alkanes of at least 4 members (excludes halogenated alkanes) is 21. The van der Waals surface area contributed by atoms with Crippen LogP contribution in [0.4, 0.5) is 5.82 Å². The van der Waals surface area contributed by atoms with Gasteiger partial charge in [0.2, 0.25) is 11.8 Å². The van der Waals surface area contributed by atoms with Gasteiger partial charge in [0.1, 0.15) is 36.3 Å². The standard InChI is InChI=1S/C46H84N7O17P3S.3H3N/c1-4-5-6-7-8-9-10-11-12-13-14-15-16-17-18-19-20-21-22-23-24-25-26-37(55)74-30-29-48-36(54)27-28-49-44(58)41(57)46(2,3)32-67-73(64,65)70-72(62,63)66-31-35-40(69-71(59,60)61)39(56)45(68-35)53-34-52-38-42(47)50-33-51-43(38)53;;;/h33-35,39-41,45,56-57H,4-32H2,1-3H3,(H,48,54)(H,49,58)(H,62,63)(H,64,65)(H2,47,50,51)(H2,59,60,61);3*1H3/t35-,39?,40+,41+,45-;;;/m1.../s1. The molecule has 0 radical (unpaired) electrons. The van der Waals surface area contributed by atoms with Crippen LogP contribution >= 0.6 is 35.2 Å². The third kappa shape index (κ3) is 30.2. The van der Waals surface area contributed by atoms with E-state index in [9.17, 15) is 57.9 Å². The number of hydrogen-bond acceptors (Lipinski definition) is 21. The zero-order valence-electron chi connectivity index (χ0n) is 46.2. The second-order valence-corrected chi connectivity index (χ2v) is 24.7. The Labute approximate surface area is 458 Å². The fourth-order valence-corrected chi connectivity index (χ4v) is 11.7. The van der Waals surface area contributed by atoms with Gasteiger partial charge in [-0.25, -0.2) is 19.3 Å². The fraction of sp³-hybridized carbons (Fsp3) is 0.826. The Balaban J connectivity index is 0.0000193. The molecule has 4 unspecified atom stereocenters. The van der Waals surface area contributed by atoms with Crippen LogP contribution in [0.1, 0.15) is 181 Å². The highest BCUT2D eigenvalue weighted by atomic mass is 32.2. The number of thioether (sulfide) groups is 1. The molecule has 0 spiro atoms. The lowest BCUT2D eigenvalue weighted by Gasteiger charge is -2.35. The van der Waals surface area contributed by atoms with Crippen LogP contribution in [-0.4, -0.2) is 108 Å². The normalized spacial score (nSPS) is 19.2. The molecule has 2 aromatic heterocycles. The van der Waals surface area contributed by atoms with Crippen LogP contribution in [0.25, 0.3) is 11.2 Å². The van der Waals surface area contributed by atoms with E-state index in [-0.39, 0.29) is 60.1 Å². The third-order valence-corrected chi connectivity index (χ3v) is 16.4. The van der Waals surface area contributed by atoms with Gasteiger partial charge in [-0.2, -0.15) is 0 Å². The van der Waals surface area contributed by atoms with E-state index in [0.717, 1.165) is 48.2 Å². The van der Waals surface area contributed by atoms with E-state index in [2.05, 4.69) is 50.4 Å². The maximum absolute atomic E-state index is 12.7. The van der Waals surface area contributed by atoms with Gasteiger partial charge >= 0.3 is 0 Å². The highest BCUT2D eigenvalue weighted by Gasteiger charge is 2.48. The van der Waals surface area contributed by atoms with Crippen molar-refractivity contribution >= 4 is 69.1 Å². The van der Waals surface area contributed by atoms with E-state index in [1.54, 1.807) is 0 Å². The molecular formula is C46H93N10O17P3S. The average Bonchev–Trinajstić information content (AvgIpc) is 3.90. The first-order valence-corrected chi connectivity index (χ1v) is 31.5. The van der Waals surface area contributed by atoms with Crippen molar-refractivity contribution in [2.75, 3.05) is 37.8 Å². The first kappa shape index (κ1) is 74.4. The number of nitrogens with two attached hydrogens (primary N) is 1. The minimum absolute atomic E-state index is 0.